The van der Waals surface area contributed by atoms with Crippen LogP contribution in [0.15, 0.2) is 18.2 Å². The highest BCUT2D eigenvalue weighted by atomic mass is 19.1. The molecule has 78 valence electrons. The van der Waals surface area contributed by atoms with Gasteiger partial charge in [0.25, 0.3) is 0 Å². The van der Waals surface area contributed by atoms with Crippen LogP contribution in [0.4, 0.5) is 4.39 Å². The summed E-state index contributed by atoms with van der Waals surface area (Å²) >= 11 is 0. The molecule has 0 N–H and O–H groups in total. The third-order valence-corrected chi connectivity index (χ3v) is 2.88. The first-order chi connectivity index (χ1) is 7.25. The Morgan fingerprint density at radius 2 is 2.27 bits per heavy atom. The molecule has 2 heterocycles. The highest BCUT2D eigenvalue weighted by Gasteiger charge is 2.43. The van der Waals surface area contributed by atoms with E-state index >= 15 is 0 Å². The van der Waals surface area contributed by atoms with Crippen LogP contribution in [0.25, 0.3) is 0 Å². The maximum absolute atomic E-state index is 13.4. The molecular weight excluding hydrogens is 199 g/mol. The number of fused-ring (bicyclic) bond motifs is 2. The van der Waals surface area contributed by atoms with Crippen LogP contribution in [0.2, 0.25) is 0 Å². The van der Waals surface area contributed by atoms with Crippen molar-refractivity contribution in [3.63, 3.8) is 0 Å². The van der Waals surface area contributed by atoms with Crippen molar-refractivity contribution in [3.8, 4) is 5.75 Å². The molecule has 3 nitrogen and oxygen atoms in total. The first-order valence-electron chi connectivity index (χ1n) is 4.86. The third-order valence-electron chi connectivity index (χ3n) is 2.88. The summed E-state index contributed by atoms with van der Waals surface area (Å²) < 4.78 is 23.6. The summed E-state index contributed by atoms with van der Waals surface area (Å²) in [5.74, 6) is -0.552. The molecule has 2 atom stereocenters. The van der Waals surface area contributed by atoms with Crippen LogP contribution in [-0.4, -0.2) is 18.7 Å². The van der Waals surface area contributed by atoms with Gasteiger partial charge < -0.3 is 9.47 Å². The molecule has 1 aromatic rings. The largest absolute Gasteiger partial charge is 0.475 e. The van der Waals surface area contributed by atoms with Crippen LogP contribution in [0, 0.1) is 11.7 Å². The normalized spacial score (nSPS) is 27.7. The minimum absolute atomic E-state index is 0.0341. The first kappa shape index (κ1) is 8.71. The lowest BCUT2D eigenvalue weighted by Gasteiger charge is -2.25. The van der Waals surface area contributed by atoms with E-state index in [1.165, 1.54) is 6.07 Å². The van der Waals surface area contributed by atoms with Crippen molar-refractivity contribution >= 4 is 5.97 Å². The molecule has 2 aliphatic rings. The SMILES string of the molecule is O=C1OC[C@@H]2Cc3cccc(F)c3O[C@H]12. The van der Waals surface area contributed by atoms with Gasteiger partial charge in [0, 0.05) is 5.92 Å². The molecule has 0 amide bonds. The fourth-order valence-electron chi connectivity index (χ4n) is 2.12. The molecule has 0 aliphatic carbocycles. The number of cyclic esters (lactones) is 1. The van der Waals surface area contributed by atoms with Crippen molar-refractivity contribution in [3.05, 3.63) is 29.6 Å². The zero-order valence-electron chi connectivity index (χ0n) is 7.90. The van der Waals surface area contributed by atoms with Gasteiger partial charge in [-0.15, -0.1) is 0 Å². The van der Waals surface area contributed by atoms with Crippen molar-refractivity contribution in [1.82, 2.24) is 0 Å². The van der Waals surface area contributed by atoms with E-state index in [2.05, 4.69) is 0 Å². The summed E-state index contributed by atoms with van der Waals surface area (Å²) in [7, 11) is 0. The van der Waals surface area contributed by atoms with Gasteiger partial charge in [0.15, 0.2) is 11.6 Å². The number of para-hydroxylation sites is 1. The van der Waals surface area contributed by atoms with Crippen LogP contribution in [0.5, 0.6) is 5.75 Å². The van der Waals surface area contributed by atoms with Gasteiger partial charge in [-0.1, -0.05) is 12.1 Å². The Morgan fingerprint density at radius 3 is 3.13 bits per heavy atom. The van der Waals surface area contributed by atoms with Crippen LogP contribution in [-0.2, 0) is 16.0 Å². The minimum Gasteiger partial charge on any atom is -0.475 e. The molecule has 0 bridgehead atoms. The predicted octanol–water partition coefficient (Wildman–Crippen LogP) is 1.30. The quantitative estimate of drug-likeness (QED) is 0.603. The van der Waals surface area contributed by atoms with E-state index in [9.17, 15) is 9.18 Å². The number of hydrogen-bond donors (Lipinski definition) is 0. The van der Waals surface area contributed by atoms with Crippen molar-refractivity contribution in [1.29, 1.82) is 0 Å². The summed E-state index contributed by atoms with van der Waals surface area (Å²) in [6, 6.07) is 4.80. The van der Waals surface area contributed by atoms with Crippen LogP contribution in [0.1, 0.15) is 5.56 Å². The Morgan fingerprint density at radius 1 is 1.40 bits per heavy atom. The highest BCUT2D eigenvalue weighted by molar-refractivity contribution is 5.78. The van der Waals surface area contributed by atoms with E-state index in [0.717, 1.165) is 5.56 Å². The lowest BCUT2D eigenvalue weighted by atomic mass is 9.93. The summed E-state index contributed by atoms with van der Waals surface area (Å²) in [4.78, 5) is 11.3. The topological polar surface area (TPSA) is 35.5 Å². The van der Waals surface area contributed by atoms with Crippen LogP contribution < -0.4 is 4.74 Å². The molecule has 0 saturated carbocycles. The van der Waals surface area contributed by atoms with E-state index < -0.39 is 11.9 Å². The average Bonchev–Trinajstić information content (AvgIpc) is 2.59. The predicted molar refractivity (Wildman–Crippen MR) is 49.0 cm³/mol. The minimum atomic E-state index is -0.616. The fourth-order valence-corrected chi connectivity index (χ4v) is 2.12. The van der Waals surface area contributed by atoms with Crippen LogP contribution >= 0.6 is 0 Å². The van der Waals surface area contributed by atoms with Gasteiger partial charge in [-0.3, -0.25) is 0 Å². The highest BCUT2D eigenvalue weighted by Crippen LogP contribution is 2.35. The maximum Gasteiger partial charge on any atom is 0.347 e. The lowest BCUT2D eigenvalue weighted by molar-refractivity contribution is -0.143. The Labute approximate surface area is 85.8 Å². The number of rotatable bonds is 0. The number of halogens is 1. The van der Waals surface area contributed by atoms with Gasteiger partial charge >= 0.3 is 5.97 Å². The number of carbonyl (C=O) groups excluding carboxylic acids is 1. The summed E-state index contributed by atoms with van der Waals surface area (Å²) in [6.07, 6.45) is 0.0261. The van der Waals surface area contributed by atoms with Crippen LogP contribution in [0.3, 0.4) is 0 Å². The van der Waals surface area contributed by atoms with E-state index in [1.807, 2.05) is 6.07 Å². The van der Waals surface area contributed by atoms with E-state index in [4.69, 9.17) is 9.47 Å². The van der Waals surface area contributed by atoms with E-state index in [1.54, 1.807) is 6.07 Å². The zero-order chi connectivity index (χ0) is 10.4. The van der Waals surface area contributed by atoms with Gasteiger partial charge in [0.05, 0.1) is 6.61 Å². The summed E-state index contributed by atoms with van der Waals surface area (Å²) in [5, 5.41) is 0. The van der Waals surface area contributed by atoms with Gasteiger partial charge in [0.1, 0.15) is 0 Å². The number of benzene rings is 1. The molecule has 1 fully saturated rings. The lowest BCUT2D eigenvalue weighted by Crippen LogP contribution is -2.34. The third kappa shape index (κ3) is 1.21. The van der Waals surface area contributed by atoms with Gasteiger partial charge in [0.2, 0.25) is 6.10 Å². The van der Waals surface area contributed by atoms with Gasteiger partial charge in [-0.25, -0.2) is 9.18 Å². The maximum atomic E-state index is 13.4. The van der Waals surface area contributed by atoms with E-state index in [-0.39, 0.29) is 17.6 Å². The molecule has 3 rings (SSSR count). The molecule has 15 heavy (non-hydrogen) atoms. The van der Waals surface area contributed by atoms with Crippen molar-refractivity contribution in [2.24, 2.45) is 5.92 Å². The van der Waals surface area contributed by atoms with Crippen molar-refractivity contribution < 1.29 is 18.7 Å². The Balaban J connectivity index is 2.03. The zero-order valence-corrected chi connectivity index (χ0v) is 7.90. The first-order valence-corrected chi connectivity index (χ1v) is 4.86. The van der Waals surface area contributed by atoms with Crippen molar-refractivity contribution in [2.45, 2.75) is 12.5 Å². The molecule has 0 aromatic heterocycles. The number of esters is 1. The molecule has 0 radical (unpaired) electrons. The molecule has 0 spiro atoms. The number of carbonyl (C=O) groups is 1. The fraction of sp³-hybridized carbons (Fsp3) is 0.364. The Hall–Kier alpha value is -1.58. The second-order valence-corrected chi connectivity index (χ2v) is 3.86. The number of ether oxygens (including phenoxy) is 2. The van der Waals surface area contributed by atoms with E-state index in [0.29, 0.717) is 13.0 Å². The molecular formula is C11H9FO3. The van der Waals surface area contributed by atoms with Gasteiger partial charge in [-0.2, -0.15) is 0 Å². The molecule has 1 aromatic carbocycles. The monoisotopic (exact) mass is 208 g/mol. The molecule has 2 aliphatic heterocycles. The standard InChI is InChI=1S/C11H9FO3/c12-8-3-1-2-6-4-7-5-14-11(13)10(7)15-9(6)8/h1-3,7,10H,4-5H2/t7-,10-/m0/s1. The molecule has 4 heteroatoms. The summed E-state index contributed by atoms with van der Waals surface area (Å²) in [6.45, 7) is 0.374. The Bertz CT molecular complexity index is 430. The summed E-state index contributed by atoms with van der Waals surface area (Å²) in [5.41, 5.74) is 0.814. The second kappa shape index (κ2) is 2.95. The van der Waals surface area contributed by atoms with Gasteiger partial charge in [-0.05, 0) is 18.1 Å². The average molecular weight is 208 g/mol. The van der Waals surface area contributed by atoms with Crippen molar-refractivity contribution in [2.75, 3.05) is 6.61 Å². The second-order valence-electron chi connectivity index (χ2n) is 3.86. The molecule has 0 unspecified atom stereocenters. The molecule has 1 saturated heterocycles. The smallest absolute Gasteiger partial charge is 0.347 e. The number of hydrogen-bond acceptors (Lipinski definition) is 3. The Kier molecular flexibility index (Phi) is 1.71.